The van der Waals surface area contributed by atoms with Crippen LogP contribution in [0.25, 0.3) is 0 Å². The number of carbonyl (C=O) groups is 1. The summed E-state index contributed by atoms with van der Waals surface area (Å²) in [6.07, 6.45) is 11.8. The molecule has 0 amide bonds. The lowest BCUT2D eigenvalue weighted by Crippen LogP contribution is -2.19. The van der Waals surface area contributed by atoms with Gasteiger partial charge in [-0.1, -0.05) is 51.9 Å². The number of hydrogen-bond acceptors (Lipinski definition) is 2. The molecule has 0 aromatic heterocycles. The van der Waals surface area contributed by atoms with E-state index in [0.717, 1.165) is 32.1 Å². The second kappa shape index (κ2) is 11.9. The number of nitrogens with two attached hydrogens (primary N) is 1. The van der Waals surface area contributed by atoms with Crippen LogP contribution in [0, 0.1) is 0 Å². The van der Waals surface area contributed by atoms with Crippen LogP contribution in [0.2, 0.25) is 0 Å². The number of unbranched alkanes of at least 4 members (excludes halogenated alkanes) is 6. The van der Waals surface area contributed by atoms with Crippen LogP contribution in [0.4, 0.5) is 0 Å². The fourth-order valence-electron chi connectivity index (χ4n) is 2.01. The lowest BCUT2D eigenvalue weighted by atomic mass is 10.0. The lowest BCUT2D eigenvalue weighted by Gasteiger charge is -2.10. The van der Waals surface area contributed by atoms with Gasteiger partial charge in [-0.2, -0.15) is 0 Å². The maximum Gasteiger partial charge on any atom is 0.303 e. The molecule has 3 N–H and O–H groups in total. The van der Waals surface area contributed by atoms with E-state index in [0.29, 0.717) is 12.5 Å². The Kier molecular flexibility index (Phi) is 11.5. The molecule has 0 radical (unpaired) electrons. The van der Waals surface area contributed by atoms with Gasteiger partial charge < -0.3 is 10.8 Å². The molecule has 102 valence electrons. The molecule has 3 nitrogen and oxygen atoms in total. The molecule has 0 heterocycles. The highest BCUT2D eigenvalue weighted by Crippen LogP contribution is 2.11. The lowest BCUT2D eigenvalue weighted by molar-refractivity contribution is -0.137. The Morgan fingerprint density at radius 2 is 1.53 bits per heavy atom. The van der Waals surface area contributed by atoms with E-state index in [-0.39, 0.29) is 0 Å². The SMILES string of the molecule is CCCCCC(N)CCCCCCCC(=O)O. The van der Waals surface area contributed by atoms with Crippen LogP contribution >= 0.6 is 0 Å². The minimum Gasteiger partial charge on any atom is -0.481 e. The summed E-state index contributed by atoms with van der Waals surface area (Å²) in [5.74, 6) is -0.678. The van der Waals surface area contributed by atoms with Gasteiger partial charge in [0.2, 0.25) is 0 Å². The van der Waals surface area contributed by atoms with E-state index in [1.165, 1.54) is 32.1 Å². The van der Waals surface area contributed by atoms with E-state index in [4.69, 9.17) is 10.8 Å². The second-order valence-electron chi connectivity index (χ2n) is 4.96. The van der Waals surface area contributed by atoms with Crippen LogP contribution in [0.1, 0.15) is 77.6 Å². The van der Waals surface area contributed by atoms with Gasteiger partial charge in [0.25, 0.3) is 0 Å². The fraction of sp³-hybridized carbons (Fsp3) is 0.929. The predicted octanol–water partition coefficient (Wildman–Crippen LogP) is 3.71. The zero-order valence-corrected chi connectivity index (χ0v) is 11.3. The first kappa shape index (κ1) is 16.4. The molecule has 0 spiro atoms. The van der Waals surface area contributed by atoms with Gasteiger partial charge in [-0.3, -0.25) is 4.79 Å². The largest absolute Gasteiger partial charge is 0.481 e. The molecule has 0 saturated carbocycles. The van der Waals surface area contributed by atoms with Crippen molar-refractivity contribution < 1.29 is 9.90 Å². The van der Waals surface area contributed by atoms with E-state index < -0.39 is 5.97 Å². The summed E-state index contributed by atoms with van der Waals surface area (Å²) in [7, 11) is 0. The van der Waals surface area contributed by atoms with E-state index in [9.17, 15) is 4.79 Å². The first-order valence-corrected chi connectivity index (χ1v) is 7.14. The van der Waals surface area contributed by atoms with Gasteiger partial charge in [0.15, 0.2) is 0 Å². The predicted molar refractivity (Wildman–Crippen MR) is 72.1 cm³/mol. The molecule has 0 aromatic carbocycles. The third kappa shape index (κ3) is 13.4. The first-order valence-electron chi connectivity index (χ1n) is 7.14. The Bertz CT molecular complexity index is 183. The number of carboxylic acid groups (broad SMARTS) is 1. The molecule has 0 aromatic rings. The zero-order chi connectivity index (χ0) is 12.9. The van der Waals surface area contributed by atoms with Crippen molar-refractivity contribution in [3.05, 3.63) is 0 Å². The van der Waals surface area contributed by atoms with Crippen LogP contribution in [0.15, 0.2) is 0 Å². The van der Waals surface area contributed by atoms with Crippen molar-refractivity contribution in [3.63, 3.8) is 0 Å². The van der Waals surface area contributed by atoms with Crippen molar-refractivity contribution in [3.8, 4) is 0 Å². The summed E-state index contributed by atoms with van der Waals surface area (Å²) in [5, 5.41) is 8.48. The Hall–Kier alpha value is -0.570. The average Bonchev–Trinajstić information content (AvgIpc) is 2.28. The van der Waals surface area contributed by atoms with Gasteiger partial charge in [0.05, 0.1) is 0 Å². The Balaban J connectivity index is 3.13. The molecular weight excluding hydrogens is 214 g/mol. The summed E-state index contributed by atoms with van der Waals surface area (Å²) >= 11 is 0. The molecule has 0 saturated heterocycles. The monoisotopic (exact) mass is 243 g/mol. The second-order valence-corrected chi connectivity index (χ2v) is 4.96. The van der Waals surface area contributed by atoms with Crippen LogP contribution in [-0.4, -0.2) is 17.1 Å². The molecule has 3 heteroatoms. The van der Waals surface area contributed by atoms with Crippen LogP contribution < -0.4 is 5.73 Å². The molecular formula is C14H29NO2. The first-order chi connectivity index (χ1) is 8.16. The van der Waals surface area contributed by atoms with E-state index in [1.54, 1.807) is 0 Å². The van der Waals surface area contributed by atoms with Crippen molar-refractivity contribution in [2.45, 2.75) is 83.6 Å². The van der Waals surface area contributed by atoms with Crippen LogP contribution in [0.3, 0.4) is 0 Å². The Labute approximate surface area is 106 Å². The highest BCUT2D eigenvalue weighted by molar-refractivity contribution is 5.66. The van der Waals surface area contributed by atoms with E-state index in [2.05, 4.69) is 6.92 Å². The topological polar surface area (TPSA) is 63.3 Å². The van der Waals surface area contributed by atoms with Gasteiger partial charge in [-0.25, -0.2) is 0 Å². The maximum absolute atomic E-state index is 10.3. The van der Waals surface area contributed by atoms with Crippen LogP contribution in [0.5, 0.6) is 0 Å². The molecule has 1 atom stereocenters. The quantitative estimate of drug-likeness (QED) is 0.514. The highest BCUT2D eigenvalue weighted by atomic mass is 16.4. The van der Waals surface area contributed by atoms with Crippen molar-refractivity contribution >= 4 is 5.97 Å². The maximum atomic E-state index is 10.3. The van der Waals surface area contributed by atoms with E-state index >= 15 is 0 Å². The van der Waals surface area contributed by atoms with Crippen molar-refractivity contribution in [2.75, 3.05) is 0 Å². The fourth-order valence-corrected chi connectivity index (χ4v) is 2.01. The van der Waals surface area contributed by atoms with Crippen molar-refractivity contribution in [1.29, 1.82) is 0 Å². The van der Waals surface area contributed by atoms with Gasteiger partial charge in [0.1, 0.15) is 0 Å². The van der Waals surface area contributed by atoms with Crippen molar-refractivity contribution in [2.24, 2.45) is 5.73 Å². The third-order valence-corrected chi connectivity index (χ3v) is 3.14. The summed E-state index contributed by atoms with van der Waals surface area (Å²) in [4.78, 5) is 10.3. The molecule has 17 heavy (non-hydrogen) atoms. The smallest absolute Gasteiger partial charge is 0.303 e. The van der Waals surface area contributed by atoms with E-state index in [1.807, 2.05) is 0 Å². The summed E-state index contributed by atoms with van der Waals surface area (Å²) in [6.45, 7) is 2.21. The normalized spacial score (nSPS) is 12.6. The third-order valence-electron chi connectivity index (χ3n) is 3.14. The van der Waals surface area contributed by atoms with Crippen molar-refractivity contribution in [1.82, 2.24) is 0 Å². The summed E-state index contributed by atoms with van der Waals surface area (Å²) < 4.78 is 0. The minimum atomic E-state index is -0.678. The number of hydrogen-bond donors (Lipinski definition) is 2. The molecule has 0 rings (SSSR count). The van der Waals surface area contributed by atoms with Gasteiger partial charge in [-0.15, -0.1) is 0 Å². The summed E-state index contributed by atoms with van der Waals surface area (Å²) in [5.41, 5.74) is 6.02. The van der Waals surface area contributed by atoms with Gasteiger partial charge in [0, 0.05) is 12.5 Å². The molecule has 0 aliphatic heterocycles. The number of aliphatic carboxylic acids is 1. The molecule has 0 fully saturated rings. The van der Waals surface area contributed by atoms with Crippen LogP contribution in [-0.2, 0) is 4.79 Å². The number of carboxylic acids is 1. The summed E-state index contributed by atoms with van der Waals surface area (Å²) in [6, 6.07) is 0.376. The standard InChI is InChI=1S/C14H29NO2/c1-2-3-7-10-13(15)11-8-5-4-6-9-12-14(16)17/h13H,2-12,15H2,1H3,(H,16,17). The van der Waals surface area contributed by atoms with Gasteiger partial charge >= 0.3 is 5.97 Å². The molecule has 1 unspecified atom stereocenters. The highest BCUT2D eigenvalue weighted by Gasteiger charge is 2.02. The molecule has 0 aliphatic carbocycles. The Morgan fingerprint density at radius 1 is 1.00 bits per heavy atom. The minimum absolute atomic E-state index is 0.316. The van der Waals surface area contributed by atoms with Gasteiger partial charge in [-0.05, 0) is 19.3 Å². The Morgan fingerprint density at radius 3 is 2.12 bits per heavy atom. The number of rotatable bonds is 12. The zero-order valence-electron chi connectivity index (χ0n) is 11.3. The molecule has 0 bridgehead atoms. The average molecular weight is 243 g/mol. The molecule has 0 aliphatic rings.